The third kappa shape index (κ3) is 2.25. The number of allylic oxidation sites excluding steroid dienone is 2. The van der Waals surface area contributed by atoms with E-state index in [0.717, 1.165) is 13.0 Å². The van der Waals surface area contributed by atoms with Crippen molar-refractivity contribution in [2.24, 2.45) is 0 Å². The molecule has 1 fully saturated rings. The van der Waals surface area contributed by atoms with Gasteiger partial charge in [-0.05, 0) is 13.5 Å². The maximum absolute atomic E-state index is 4.11. The Balaban J connectivity index is 3.50. The quantitative estimate of drug-likeness (QED) is 0.582. The Labute approximate surface area is 124 Å². The number of hydrogen-bond acceptors (Lipinski definition) is 4. The maximum Gasteiger partial charge on any atom is 0.207 e. The molecular formula is C15H28N4Si. The molecule has 1 saturated heterocycles. The van der Waals surface area contributed by atoms with Crippen molar-refractivity contribution >= 4 is 8.24 Å². The van der Waals surface area contributed by atoms with Crippen LogP contribution in [0, 0.1) is 0 Å². The van der Waals surface area contributed by atoms with Gasteiger partial charge >= 0.3 is 0 Å². The lowest BCUT2D eigenvalue weighted by molar-refractivity contribution is -0.214. The van der Waals surface area contributed by atoms with Crippen molar-refractivity contribution < 1.29 is 0 Å². The molecule has 20 heavy (non-hydrogen) atoms. The number of rotatable bonds is 4. The third-order valence-corrected chi connectivity index (χ3v) is 9.58. The van der Waals surface area contributed by atoms with Crippen LogP contribution in [0.3, 0.4) is 0 Å². The molecule has 0 unspecified atom stereocenters. The Morgan fingerprint density at radius 3 is 1.80 bits per heavy atom. The molecule has 0 aromatic carbocycles. The molecule has 0 bridgehead atoms. The highest BCUT2D eigenvalue weighted by molar-refractivity contribution is 6.89. The molecule has 1 aliphatic heterocycles. The minimum absolute atomic E-state index is 0.185. The van der Waals surface area contributed by atoms with E-state index in [1.807, 2.05) is 19.2 Å². The number of nitrogens with zero attached hydrogens (tertiary/aromatic N) is 4. The van der Waals surface area contributed by atoms with Gasteiger partial charge in [0.05, 0.1) is 0 Å². The van der Waals surface area contributed by atoms with Crippen molar-refractivity contribution in [3.63, 3.8) is 0 Å². The Morgan fingerprint density at radius 2 is 1.40 bits per heavy atom. The first kappa shape index (κ1) is 17.1. The van der Waals surface area contributed by atoms with Gasteiger partial charge in [-0.15, -0.1) is 26.3 Å². The summed E-state index contributed by atoms with van der Waals surface area (Å²) in [4.78, 5) is 0. The molecule has 0 aromatic rings. The van der Waals surface area contributed by atoms with Crippen molar-refractivity contribution in [1.82, 2.24) is 19.9 Å². The zero-order valence-electron chi connectivity index (χ0n) is 13.3. The topological polar surface area (TPSA) is 13.0 Å². The summed E-state index contributed by atoms with van der Waals surface area (Å²) in [6.07, 6.45) is 5.00. The Bertz CT molecular complexity index is 391. The lowest BCUT2D eigenvalue weighted by atomic mass is 10.0. The Kier molecular flexibility index (Phi) is 5.29. The first-order chi connectivity index (χ1) is 9.35. The van der Waals surface area contributed by atoms with E-state index in [1.54, 1.807) is 0 Å². The maximum atomic E-state index is 4.11. The molecule has 5 heteroatoms. The molecule has 4 nitrogen and oxygen atoms in total. The smallest absolute Gasteiger partial charge is 0.207 e. The summed E-state index contributed by atoms with van der Waals surface area (Å²) < 4.78 is 2.26. The van der Waals surface area contributed by atoms with Gasteiger partial charge in [-0.1, -0.05) is 23.6 Å². The Morgan fingerprint density at radius 1 is 0.900 bits per heavy atom. The molecule has 1 heterocycles. The van der Waals surface area contributed by atoms with Gasteiger partial charge in [0.25, 0.3) is 0 Å². The number of hydrazine groups is 3. The summed E-state index contributed by atoms with van der Waals surface area (Å²) in [6, 6.07) is 0. The van der Waals surface area contributed by atoms with Gasteiger partial charge in [0.15, 0.2) is 0 Å². The standard InChI is InChI=1S/C15H28N4Si/c1-9-15(10-2)13-14-16(5)17(6)18(7)19(8)20(15,11-3)12-4/h9-12H,1-4,13-14H2,5-8H3. The molecule has 1 rings (SSSR count). The molecule has 0 N–H and O–H groups in total. The van der Waals surface area contributed by atoms with Gasteiger partial charge < -0.3 is 0 Å². The summed E-state index contributed by atoms with van der Waals surface area (Å²) in [5.41, 5.74) is 4.14. The molecule has 0 aliphatic carbocycles. The minimum Gasteiger partial charge on any atom is -0.242 e. The van der Waals surface area contributed by atoms with Crippen molar-refractivity contribution in [1.29, 1.82) is 0 Å². The highest BCUT2D eigenvalue weighted by Crippen LogP contribution is 2.47. The average molecular weight is 293 g/mol. The van der Waals surface area contributed by atoms with E-state index in [4.69, 9.17) is 0 Å². The largest absolute Gasteiger partial charge is 0.242 e. The van der Waals surface area contributed by atoms with Gasteiger partial charge in [0, 0.05) is 32.7 Å². The summed E-state index contributed by atoms with van der Waals surface area (Å²) in [6.45, 7) is 17.3. The van der Waals surface area contributed by atoms with Gasteiger partial charge in [-0.3, -0.25) is 0 Å². The first-order valence-corrected chi connectivity index (χ1v) is 8.92. The van der Waals surface area contributed by atoms with E-state index in [2.05, 4.69) is 78.8 Å². The fourth-order valence-corrected chi connectivity index (χ4v) is 6.82. The van der Waals surface area contributed by atoms with Crippen LogP contribution >= 0.6 is 0 Å². The van der Waals surface area contributed by atoms with E-state index in [-0.39, 0.29) is 5.04 Å². The van der Waals surface area contributed by atoms with Crippen LogP contribution in [0.15, 0.2) is 49.9 Å². The Hall–Kier alpha value is -0.983. The van der Waals surface area contributed by atoms with Crippen LogP contribution in [-0.4, -0.2) is 62.9 Å². The van der Waals surface area contributed by atoms with Gasteiger partial charge in [-0.2, -0.15) is 10.2 Å². The SMILES string of the molecule is C=CC1(C=C)CCN(C)N(C)N(C)N(C)[Si]1(C=C)C=C. The lowest BCUT2D eigenvalue weighted by Gasteiger charge is -2.55. The van der Waals surface area contributed by atoms with Crippen LogP contribution in [0.1, 0.15) is 6.42 Å². The fraction of sp³-hybridized carbons (Fsp3) is 0.467. The molecule has 112 valence electrons. The van der Waals surface area contributed by atoms with E-state index >= 15 is 0 Å². The van der Waals surface area contributed by atoms with Crippen LogP contribution in [0.4, 0.5) is 0 Å². The van der Waals surface area contributed by atoms with Crippen molar-refractivity contribution in [3.8, 4) is 0 Å². The van der Waals surface area contributed by atoms with Crippen LogP contribution in [0.25, 0.3) is 0 Å². The molecular weight excluding hydrogens is 264 g/mol. The summed E-state index contributed by atoms with van der Waals surface area (Å²) in [7, 11) is 6.02. The second-order valence-corrected chi connectivity index (χ2v) is 9.36. The lowest BCUT2D eigenvalue weighted by Crippen LogP contribution is -2.68. The second kappa shape index (κ2) is 6.20. The van der Waals surface area contributed by atoms with E-state index in [9.17, 15) is 0 Å². The summed E-state index contributed by atoms with van der Waals surface area (Å²) >= 11 is 0. The van der Waals surface area contributed by atoms with Crippen LogP contribution in [0.5, 0.6) is 0 Å². The predicted octanol–water partition coefficient (Wildman–Crippen LogP) is 2.37. The first-order valence-electron chi connectivity index (χ1n) is 6.82. The van der Waals surface area contributed by atoms with E-state index in [0.29, 0.717) is 0 Å². The molecule has 0 radical (unpaired) electrons. The molecule has 1 aliphatic rings. The van der Waals surface area contributed by atoms with Crippen molar-refractivity contribution in [3.05, 3.63) is 49.9 Å². The molecule has 0 amide bonds. The summed E-state index contributed by atoms with van der Waals surface area (Å²) in [5.74, 6) is 0. The monoisotopic (exact) mass is 292 g/mol. The zero-order valence-corrected chi connectivity index (χ0v) is 14.3. The highest BCUT2D eigenvalue weighted by Gasteiger charge is 2.52. The highest BCUT2D eigenvalue weighted by atomic mass is 28.3. The van der Waals surface area contributed by atoms with Crippen molar-refractivity contribution in [2.75, 3.05) is 34.7 Å². The predicted molar refractivity (Wildman–Crippen MR) is 89.8 cm³/mol. The van der Waals surface area contributed by atoms with Gasteiger partial charge in [-0.25, -0.2) is 9.68 Å². The van der Waals surface area contributed by atoms with Gasteiger partial charge in [0.2, 0.25) is 8.24 Å². The second-order valence-electron chi connectivity index (χ2n) is 5.32. The molecule has 0 atom stereocenters. The van der Waals surface area contributed by atoms with Crippen LogP contribution < -0.4 is 0 Å². The zero-order chi connectivity index (χ0) is 15.6. The van der Waals surface area contributed by atoms with Crippen LogP contribution in [0.2, 0.25) is 5.04 Å². The van der Waals surface area contributed by atoms with Crippen molar-refractivity contribution in [2.45, 2.75) is 11.5 Å². The fourth-order valence-electron chi connectivity index (χ4n) is 2.99. The molecule has 0 spiro atoms. The normalized spacial score (nSPS) is 25.4. The van der Waals surface area contributed by atoms with Crippen LogP contribution in [-0.2, 0) is 0 Å². The molecule has 0 aromatic heterocycles. The van der Waals surface area contributed by atoms with E-state index < -0.39 is 8.24 Å². The number of hydrogen-bond donors (Lipinski definition) is 0. The van der Waals surface area contributed by atoms with E-state index in [1.165, 1.54) is 0 Å². The third-order valence-electron chi connectivity index (χ3n) is 4.83. The van der Waals surface area contributed by atoms with Gasteiger partial charge in [0.1, 0.15) is 0 Å². The minimum atomic E-state index is -2.25. The summed E-state index contributed by atoms with van der Waals surface area (Å²) in [5, 5.41) is 6.21. The average Bonchev–Trinajstić information content (AvgIpc) is 2.48. The molecule has 0 saturated carbocycles.